The first-order valence-electron chi connectivity index (χ1n) is 6.28. The van der Waals surface area contributed by atoms with E-state index in [-0.39, 0.29) is 6.61 Å². The molecule has 0 atom stereocenters. The van der Waals surface area contributed by atoms with Crippen LogP contribution >= 0.6 is 15.9 Å². The minimum absolute atomic E-state index is 0.244. The van der Waals surface area contributed by atoms with Gasteiger partial charge in [0.05, 0.1) is 5.56 Å². The molecule has 3 aromatic rings. The van der Waals surface area contributed by atoms with Crippen LogP contribution in [0.2, 0.25) is 0 Å². The van der Waals surface area contributed by atoms with Gasteiger partial charge in [-0.3, -0.25) is 0 Å². The number of rotatable bonds is 4. The van der Waals surface area contributed by atoms with Crippen molar-refractivity contribution in [1.29, 1.82) is 0 Å². The largest absolute Gasteiger partial charge is 0.485 e. The molecule has 0 aliphatic carbocycles. The lowest BCUT2D eigenvalue weighted by molar-refractivity contribution is 0.287. The van der Waals surface area contributed by atoms with Crippen molar-refractivity contribution in [3.8, 4) is 17.2 Å². The summed E-state index contributed by atoms with van der Waals surface area (Å²) in [7, 11) is 0. The van der Waals surface area contributed by atoms with Crippen LogP contribution in [0.15, 0.2) is 57.5 Å². The summed E-state index contributed by atoms with van der Waals surface area (Å²) >= 11 is 3.44. The van der Waals surface area contributed by atoms with Gasteiger partial charge in [0.25, 0.3) is 5.89 Å². The maximum atomic E-state index is 5.77. The number of hydrogen-bond acceptors (Lipinski definition) is 5. The standard InChI is InChI=1S/C15H12BrN3O2/c16-13-7-6-10(17)8-12(13)15-18-14(19-21-15)9-20-11-4-2-1-3-5-11/h1-8H,9,17H2. The van der Waals surface area contributed by atoms with Crippen LogP contribution in [-0.4, -0.2) is 10.1 Å². The van der Waals surface area contributed by atoms with Crippen LogP contribution in [0, 0.1) is 0 Å². The molecule has 3 rings (SSSR count). The van der Waals surface area contributed by atoms with Gasteiger partial charge in [-0.1, -0.05) is 23.4 Å². The molecule has 0 unspecified atom stereocenters. The second kappa shape index (κ2) is 5.97. The molecule has 2 aromatic carbocycles. The van der Waals surface area contributed by atoms with E-state index >= 15 is 0 Å². The number of hydrogen-bond donors (Lipinski definition) is 1. The minimum atomic E-state index is 0.244. The SMILES string of the molecule is Nc1ccc(Br)c(-c2nc(COc3ccccc3)no2)c1. The summed E-state index contributed by atoms with van der Waals surface area (Å²) < 4.78 is 11.7. The van der Waals surface area contributed by atoms with Crippen LogP contribution in [0.4, 0.5) is 5.69 Å². The normalized spacial score (nSPS) is 10.5. The molecule has 0 saturated carbocycles. The van der Waals surface area contributed by atoms with Gasteiger partial charge in [0.1, 0.15) is 5.75 Å². The van der Waals surface area contributed by atoms with Crippen LogP contribution in [0.3, 0.4) is 0 Å². The molecule has 0 spiro atoms. The predicted octanol–water partition coefficient (Wildman–Crippen LogP) is 3.66. The van der Waals surface area contributed by atoms with E-state index in [9.17, 15) is 0 Å². The molecule has 1 heterocycles. The van der Waals surface area contributed by atoms with E-state index < -0.39 is 0 Å². The first-order valence-corrected chi connectivity index (χ1v) is 7.07. The minimum Gasteiger partial charge on any atom is -0.485 e. The van der Waals surface area contributed by atoms with Crippen molar-refractivity contribution < 1.29 is 9.26 Å². The van der Waals surface area contributed by atoms with Gasteiger partial charge in [0.2, 0.25) is 5.82 Å². The number of aromatic nitrogens is 2. The Morgan fingerprint density at radius 1 is 1.14 bits per heavy atom. The van der Waals surface area contributed by atoms with Crippen LogP contribution in [0.25, 0.3) is 11.5 Å². The number of ether oxygens (including phenoxy) is 1. The molecular formula is C15H12BrN3O2. The number of nitrogens with two attached hydrogens (primary N) is 1. The summed E-state index contributed by atoms with van der Waals surface area (Å²) in [6.07, 6.45) is 0. The summed E-state index contributed by atoms with van der Waals surface area (Å²) in [5.41, 5.74) is 7.16. The van der Waals surface area contributed by atoms with Crippen LogP contribution in [0.1, 0.15) is 5.82 Å². The Hall–Kier alpha value is -2.34. The fraction of sp³-hybridized carbons (Fsp3) is 0.0667. The van der Waals surface area contributed by atoms with Crippen molar-refractivity contribution in [2.24, 2.45) is 0 Å². The third kappa shape index (κ3) is 3.22. The molecule has 0 aliphatic heterocycles. The van der Waals surface area contributed by atoms with Gasteiger partial charge in [-0.15, -0.1) is 0 Å². The molecule has 106 valence electrons. The lowest BCUT2D eigenvalue weighted by Crippen LogP contribution is -1.97. The molecule has 1 aromatic heterocycles. The topological polar surface area (TPSA) is 74.2 Å². The summed E-state index contributed by atoms with van der Waals surface area (Å²) in [5.74, 6) is 1.64. The summed E-state index contributed by atoms with van der Waals surface area (Å²) in [4.78, 5) is 4.31. The van der Waals surface area contributed by atoms with Crippen molar-refractivity contribution in [1.82, 2.24) is 10.1 Å². The number of nitrogen functional groups attached to an aromatic ring is 1. The average Bonchev–Trinajstić information content (AvgIpc) is 2.97. The molecule has 2 N–H and O–H groups in total. The van der Waals surface area contributed by atoms with E-state index in [0.29, 0.717) is 17.4 Å². The molecule has 0 saturated heterocycles. The van der Waals surface area contributed by atoms with Crippen molar-refractivity contribution in [3.05, 3.63) is 58.8 Å². The smallest absolute Gasteiger partial charge is 0.259 e. The van der Waals surface area contributed by atoms with Crippen molar-refractivity contribution in [2.75, 3.05) is 5.73 Å². The Kier molecular flexibility index (Phi) is 3.87. The number of para-hydroxylation sites is 1. The Bertz CT molecular complexity index is 744. The van der Waals surface area contributed by atoms with Gasteiger partial charge in [-0.25, -0.2) is 0 Å². The highest BCUT2D eigenvalue weighted by Gasteiger charge is 2.12. The van der Waals surface area contributed by atoms with Gasteiger partial charge < -0.3 is 15.0 Å². The van der Waals surface area contributed by atoms with E-state index in [0.717, 1.165) is 15.8 Å². The summed E-state index contributed by atoms with van der Waals surface area (Å²) in [6, 6.07) is 14.9. The summed E-state index contributed by atoms with van der Waals surface area (Å²) in [5, 5.41) is 3.91. The van der Waals surface area contributed by atoms with Crippen LogP contribution < -0.4 is 10.5 Å². The Labute approximate surface area is 129 Å². The van der Waals surface area contributed by atoms with E-state index in [2.05, 4.69) is 26.1 Å². The van der Waals surface area contributed by atoms with E-state index in [4.69, 9.17) is 15.0 Å². The van der Waals surface area contributed by atoms with Crippen LogP contribution in [0.5, 0.6) is 5.75 Å². The molecule has 0 bridgehead atoms. The number of anilines is 1. The second-order valence-corrected chi connectivity index (χ2v) is 5.21. The van der Waals surface area contributed by atoms with Crippen molar-refractivity contribution >= 4 is 21.6 Å². The second-order valence-electron chi connectivity index (χ2n) is 4.36. The zero-order chi connectivity index (χ0) is 14.7. The van der Waals surface area contributed by atoms with E-state index in [1.807, 2.05) is 36.4 Å². The summed E-state index contributed by atoms with van der Waals surface area (Å²) in [6.45, 7) is 0.244. The van der Waals surface area contributed by atoms with Crippen molar-refractivity contribution in [2.45, 2.75) is 6.61 Å². The Morgan fingerprint density at radius 2 is 1.95 bits per heavy atom. The van der Waals surface area contributed by atoms with E-state index in [1.54, 1.807) is 12.1 Å². The third-order valence-corrected chi connectivity index (χ3v) is 3.49. The fourth-order valence-electron chi connectivity index (χ4n) is 1.79. The lowest BCUT2D eigenvalue weighted by atomic mass is 10.2. The zero-order valence-corrected chi connectivity index (χ0v) is 12.6. The molecule has 21 heavy (non-hydrogen) atoms. The predicted molar refractivity (Wildman–Crippen MR) is 82.6 cm³/mol. The van der Waals surface area contributed by atoms with Crippen LogP contribution in [-0.2, 0) is 6.61 Å². The quantitative estimate of drug-likeness (QED) is 0.730. The highest BCUT2D eigenvalue weighted by molar-refractivity contribution is 9.10. The van der Waals surface area contributed by atoms with Gasteiger partial charge in [0.15, 0.2) is 6.61 Å². The molecule has 0 aliphatic rings. The molecule has 5 nitrogen and oxygen atoms in total. The van der Waals surface area contributed by atoms with Gasteiger partial charge in [-0.05, 0) is 46.3 Å². The Balaban J connectivity index is 1.76. The van der Waals surface area contributed by atoms with E-state index in [1.165, 1.54) is 0 Å². The molecular weight excluding hydrogens is 334 g/mol. The zero-order valence-electron chi connectivity index (χ0n) is 11.0. The molecule has 0 amide bonds. The Morgan fingerprint density at radius 3 is 2.76 bits per heavy atom. The van der Waals surface area contributed by atoms with Gasteiger partial charge in [-0.2, -0.15) is 4.98 Å². The van der Waals surface area contributed by atoms with Gasteiger partial charge >= 0.3 is 0 Å². The number of halogens is 1. The molecule has 0 fully saturated rings. The van der Waals surface area contributed by atoms with Crippen molar-refractivity contribution in [3.63, 3.8) is 0 Å². The lowest BCUT2D eigenvalue weighted by Gasteiger charge is -2.01. The fourth-order valence-corrected chi connectivity index (χ4v) is 2.21. The first-order chi connectivity index (χ1) is 10.2. The number of benzene rings is 2. The monoisotopic (exact) mass is 345 g/mol. The number of nitrogens with zero attached hydrogens (tertiary/aromatic N) is 2. The molecule has 6 heteroatoms. The maximum absolute atomic E-state index is 5.77. The van der Waals surface area contributed by atoms with Gasteiger partial charge in [0, 0.05) is 10.2 Å². The first kappa shape index (κ1) is 13.6. The maximum Gasteiger partial charge on any atom is 0.259 e. The molecule has 0 radical (unpaired) electrons. The highest BCUT2D eigenvalue weighted by Crippen LogP contribution is 2.28. The average molecular weight is 346 g/mol. The third-order valence-electron chi connectivity index (χ3n) is 2.80. The highest BCUT2D eigenvalue weighted by atomic mass is 79.9.